The minimum absolute atomic E-state index is 0.0229. The zero-order valence-corrected chi connectivity index (χ0v) is 16.9. The summed E-state index contributed by atoms with van der Waals surface area (Å²) in [7, 11) is 0. The van der Waals surface area contributed by atoms with Gasteiger partial charge in [0.1, 0.15) is 11.9 Å². The quantitative estimate of drug-likeness (QED) is 0.781. The normalized spacial score (nSPS) is 16.4. The minimum Gasteiger partial charge on any atom is -0.354 e. The number of halogens is 1. The van der Waals surface area contributed by atoms with Gasteiger partial charge in [-0.05, 0) is 69.6 Å². The molecule has 0 spiro atoms. The first-order valence-corrected chi connectivity index (χ1v) is 10.1. The second kappa shape index (κ2) is 9.65. The van der Waals surface area contributed by atoms with Gasteiger partial charge in [-0.1, -0.05) is 30.3 Å². The molecular weight excluding hydrogens is 369 g/mol. The first kappa shape index (κ1) is 21.0. The standard InChI is InChI=1S/C23H28FN3O2/c1-16(2)25-22(28)18-12-14-27(15-13-18)21(17-6-4-3-5-7-17)23(29)26-20-10-8-19(24)9-11-20/h3-11,16,18,21H,12-15H2,1-2H3,(H,25,28)(H,26,29)/t21-/m1/s1. The van der Waals surface area contributed by atoms with E-state index in [1.807, 2.05) is 44.2 Å². The summed E-state index contributed by atoms with van der Waals surface area (Å²) in [6.07, 6.45) is 1.43. The summed E-state index contributed by atoms with van der Waals surface area (Å²) in [5.74, 6) is -0.436. The lowest BCUT2D eigenvalue weighted by molar-refractivity contribution is -0.127. The zero-order valence-electron chi connectivity index (χ0n) is 16.9. The molecule has 0 aliphatic carbocycles. The summed E-state index contributed by atoms with van der Waals surface area (Å²) in [6, 6.07) is 15.0. The topological polar surface area (TPSA) is 61.4 Å². The van der Waals surface area contributed by atoms with Crippen LogP contribution in [0.5, 0.6) is 0 Å². The zero-order chi connectivity index (χ0) is 20.8. The van der Waals surface area contributed by atoms with E-state index in [-0.39, 0.29) is 29.6 Å². The molecule has 0 radical (unpaired) electrons. The van der Waals surface area contributed by atoms with Crippen LogP contribution in [0.1, 0.15) is 38.3 Å². The van der Waals surface area contributed by atoms with Crippen LogP contribution < -0.4 is 10.6 Å². The number of nitrogens with one attached hydrogen (secondary N) is 2. The predicted octanol–water partition coefficient (Wildman–Crippen LogP) is 3.74. The van der Waals surface area contributed by atoms with E-state index in [0.29, 0.717) is 31.6 Å². The van der Waals surface area contributed by atoms with Gasteiger partial charge in [0.05, 0.1) is 0 Å². The lowest BCUT2D eigenvalue weighted by atomic mass is 9.93. The Hall–Kier alpha value is -2.73. The summed E-state index contributed by atoms with van der Waals surface area (Å²) < 4.78 is 13.2. The van der Waals surface area contributed by atoms with Gasteiger partial charge in [-0.25, -0.2) is 4.39 Å². The first-order chi connectivity index (χ1) is 13.9. The number of amides is 2. The van der Waals surface area contributed by atoms with Crippen LogP contribution in [0.3, 0.4) is 0 Å². The van der Waals surface area contributed by atoms with Gasteiger partial charge in [0.25, 0.3) is 0 Å². The van der Waals surface area contributed by atoms with Crippen LogP contribution in [0, 0.1) is 11.7 Å². The molecule has 3 rings (SSSR count). The number of nitrogens with zero attached hydrogens (tertiary/aromatic N) is 1. The Morgan fingerprint density at radius 1 is 1.00 bits per heavy atom. The largest absolute Gasteiger partial charge is 0.354 e. The number of hydrogen-bond acceptors (Lipinski definition) is 3. The number of carbonyl (C=O) groups is 2. The second-order valence-electron chi connectivity index (χ2n) is 7.78. The Labute approximate surface area is 171 Å². The number of carbonyl (C=O) groups excluding carboxylic acids is 2. The van der Waals surface area contributed by atoms with Crippen LogP contribution >= 0.6 is 0 Å². The van der Waals surface area contributed by atoms with Crippen LogP contribution in [-0.4, -0.2) is 35.8 Å². The molecule has 0 aromatic heterocycles. The van der Waals surface area contributed by atoms with E-state index in [1.54, 1.807) is 12.1 Å². The molecule has 1 heterocycles. The third-order valence-electron chi connectivity index (χ3n) is 5.17. The molecule has 1 aliphatic rings. The van der Waals surface area contributed by atoms with Crippen molar-refractivity contribution < 1.29 is 14.0 Å². The molecule has 0 saturated carbocycles. The fraction of sp³-hybridized carbons (Fsp3) is 0.391. The van der Waals surface area contributed by atoms with Crippen molar-refractivity contribution in [3.63, 3.8) is 0 Å². The average molecular weight is 397 g/mol. The van der Waals surface area contributed by atoms with Crippen LogP contribution in [0.25, 0.3) is 0 Å². The monoisotopic (exact) mass is 397 g/mol. The van der Waals surface area contributed by atoms with Crippen molar-refractivity contribution >= 4 is 17.5 Å². The number of anilines is 1. The van der Waals surface area contributed by atoms with Crippen molar-refractivity contribution in [2.75, 3.05) is 18.4 Å². The van der Waals surface area contributed by atoms with Crippen LogP contribution in [0.15, 0.2) is 54.6 Å². The average Bonchev–Trinajstić information content (AvgIpc) is 2.71. The number of piperidine rings is 1. The van der Waals surface area contributed by atoms with E-state index < -0.39 is 6.04 Å². The number of benzene rings is 2. The molecule has 2 N–H and O–H groups in total. The molecule has 1 saturated heterocycles. The van der Waals surface area contributed by atoms with Crippen LogP contribution in [0.4, 0.5) is 10.1 Å². The Morgan fingerprint density at radius 3 is 2.21 bits per heavy atom. The van der Waals surface area contributed by atoms with Crippen molar-refractivity contribution in [2.24, 2.45) is 5.92 Å². The van der Waals surface area contributed by atoms with Crippen molar-refractivity contribution in [3.8, 4) is 0 Å². The highest BCUT2D eigenvalue weighted by atomic mass is 19.1. The SMILES string of the molecule is CC(C)NC(=O)C1CCN([C@@H](C(=O)Nc2ccc(F)cc2)c2ccccc2)CC1. The molecule has 2 aromatic rings. The number of likely N-dealkylation sites (tertiary alicyclic amines) is 1. The lowest BCUT2D eigenvalue weighted by Crippen LogP contribution is -2.46. The minimum atomic E-state index is -0.463. The van der Waals surface area contributed by atoms with Crippen LogP contribution in [-0.2, 0) is 9.59 Å². The molecule has 0 bridgehead atoms. The van der Waals surface area contributed by atoms with Gasteiger partial charge < -0.3 is 10.6 Å². The van der Waals surface area contributed by atoms with E-state index in [4.69, 9.17) is 0 Å². The Balaban J connectivity index is 1.72. The van der Waals surface area contributed by atoms with Gasteiger partial charge in [-0.2, -0.15) is 0 Å². The number of rotatable bonds is 6. The third-order valence-corrected chi connectivity index (χ3v) is 5.17. The van der Waals surface area contributed by atoms with Crippen molar-refractivity contribution in [3.05, 3.63) is 66.0 Å². The molecule has 2 aromatic carbocycles. The second-order valence-corrected chi connectivity index (χ2v) is 7.78. The van der Waals surface area contributed by atoms with Crippen molar-refractivity contribution in [1.82, 2.24) is 10.2 Å². The molecule has 154 valence electrons. The third kappa shape index (κ3) is 5.64. The molecule has 1 fully saturated rings. The van der Waals surface area contributed by atoms with Gasteiger partial charge in [0.15, 0.2) is 0 Å². The Morgan fingerprint density at radius 2 is 1.62 bits per heavy atom. The van der Waals surface area contributed by atoms with Crippen molar-refractivity contribution in [1.29, 1.82) is 0 Å². The molecule has 1 aliphatic heterocycles. The molecule has 29 heavy (non-hydrogen) atoms. The van der Waals surface area contributed by atoms with E-state index >= 15 is 0 Å². The van der Waals surface area contributed by atoms with E-state index in [2.05, 4.69) is 15.5 Å². The summed E-state index contributed by atoms with van der Waals surface area (Å²) in [4.78, 5) is 27.6. The molecule has 5 nitrogen and oxygen atoms in total. The van der Waals surface area contributed by atoms with Gasteiger partial charge in [-0.3, -0.25) is 14.5 Å². The maximum absolute atomic E-state index is 13.2. The van der Waals surface area contributed by atoms with E-state index in [1.165, 1.54) is 12.1 Å². The summed E-state index contributed by atoms with van der Waals surface area (Å²) in [6.45, 7) is 5.23. The van der Waals surface area contributed by atoms with Gasteiger partial charge >= 0.3 is 0 Å². The summed E-state index contributed by atoms with van der Waals surface area (Å²) >= 11 is 0. The smallest absolute Gasteiger partial charge is 0.246 e. The van der Waals surface area contributed by atoms with Crippen molar-refractivity contribution in [2.45, 2.75) is 38.8 Å². The first-order valence-electron chi connectivity index (χ1n) is 10.1. The highest BCUT2D eigenvalue weighted by Gasteiger charge is 2.33. The van der Waals surface area contributed by atoms with Gasteiger partial charge in [0, 0.05) is 17.6 Å². The fourth-order valence-corrected chi connectivity index (χ4v) is 3.73. The molecule has 6 heteroatoms. The lowest BCUT2D eigenvalue weighted by Gasteiger charge is -2.36. The Bertz CT molecular complexity index is 816. The summed E-state index contributed by atoms with van der Waals surface area (Å²) in [5.41, 5.74) is 1.46. The fourth-order valence-electron chi connectivity index (χ4n) is 3.73. The molecule has 2 amide bonds. The molecule has 0 unspecified atom stereocenters. The van der Waals surface area contributed by atoms with Gasteiger partial charge in [0.2, 0.25) is 11.8 Å². The highest BCUT2D eigenvalue weighted by Crippen LogP contribution is 2.28. The predicted molar refractivity (Wildman–Crippen MR) is 112 cm³/mol. The molecular formula is C23H28FN3O2. The maximum atomic E-state index is 13.2. The summed E-state index contributed by atoms with van der Waals surface area (Å²) in [5, 5.41) is 5.88. The number of hydrogen-bond donors (Lipinski definition) is 2. The Kier molecular flexibility index (Phi) is 6.99. The van der Waals surface area contributed by atoms with Crippen LogP contribution in [0.2, 0.25) is 0 Å². The van der Waals surface area contributed by atoms with E-state index in [9.17, 15) is 14.0 Å². The maximum Gasteiger partial charge on any atom is 0.246 e. The highest BCUT2D eigenvalue weighted by molar-refractivity contribution is 5.95. The van der Waals surface area contributed by atoms with Gasteiger partial charge in [-0.15, -0.1) is 0 Å². The molecule has 1 atom stereocenters. The van der Waals surface area contributed by atoms with E-state index in [0.717, 1.165) is 5.56 Å².